The Morgan fingerprint density at radius 2 is 1.49 bits per heavy atom. The van der Waals surface area contributed by atoms with E-state index in [0.29, 0.717) is 32.2 Å². The second-order valence-corrected chi connectivity index (χ2v) is 14.2. The molecule has 3 rings (SSSR count). The molecule has 0 aromatic heterocycles. The molecule has 4 N–H and O–H groups in total. The highest BCUT2D eigenvalue weighted by molar-refractivity contribution is 7.92. The summed E-state index contributed by atoms with van der Waals surface area (Å²) in [6, 6.07) is 16.7. The average Bonchev–Trinajstić information content (AvgIpc) is 3.03. The van der Waals surface area contributed by atoms with E-state index in [9.17, 15) is 26.8 Å². The lowest BCUT2D eigenvalue weighted by molar-refractivity contribution is -0.151. The van der Waals surface area contributed by atoms with Crippen LogP contribution in [-0.2, 0) is 38.8 Å². The summed E-state index contributed by atoms with van der Waals surface area (Å²) in [5, 5.41) is 5.14. The summed E-state index contributed by atoms with van der Waals surface area (Å²) < 4.78 is 61.0. The van der Waals surface area contributed by atoms with Crippen LogP contribution >= 0.6 is 0 Å². The van der Waals surface area contributed by atoms with Gasteiger partial charge in [-0.15, -0.1) is 0 Å². The first-order valence-corrected chi connectivity index (χ1v) is 17.9. The van der Waals surface area contributed by atoms with E-state index in [4.69, 9.17) is 10.5 Å². The minimum absolute atomic E-state index is 0.0337. The number of carbonyl (C=O) groups excluding carboxylic acids is 2. The quantitative estimate of drug-likeness (QED) is 0.148. The van der Waals surface area contributed by atoms with Gasteiger partial charge in [-0.05, 0) is 66.6 Å². The number of benzene rings is 3. The molecule has 0 spiro atoms. The molecule has 3 aromatic carbocycles. The van der Waals surface area contributed by atoms with Crippen molar-refractivity contribution >= 4 is 21.7 Å². The molecular weight excluding hydrogens is 624 g/mol. The molecule has 0 saturated carbocycles. The van der Waals surface area contributed by atoms with E-state index in [1.165, 1.54) is 0 Å². The number of rotatable bonds is 19. The number of halogens is 2. The number of ether oxygens (including phenoxy) is 1. The third kappa shape index (κ3) is 12.1. The molecule has 0 heterocycles. The monoisotopic (exact) mass is 671 g/mol. The Kier molecular flexibility index (Phi) is 15.0. The highest BCUT2D eigenvalue weighted by Gasteiger charge is 2.35. The van der Waals surface area contributed by atoms with Crippen molar-refractivity contribution in [3.05, 3.63) is 107 Å². The van der Waals surface area contributed by atoms with Crippen LogP contribution in [0.25, 0.3) is 0 Å². The Morgan fingerprint density at radius 3 is 2.11 bits per heavy atom. The smallest absolute Gasteiger partial charge is 0.330 e. The second-order valence-electron chi connectivity index (χ2n) is 11.8. The normalized spacial score (nSPS) is 13.6. The number of nitrogens with one attached hydrogen (secondary N) is 2. The summed E-state index contributed by atoms with van der Waals surface area (Å²) in [6.45, 7) is 6.31. The van der Waals surface area contributed by atoms with Crippen LogP contribution in [0, 0.1) is 11.6 Å². The van der Waals surface area contributed by atoms with Gasteiger partial charge < -0.3 is 21.1 Å². The molecule has 0 unspecified atom stereocenters. The van der Waals surface area contributed by atoms with Gasteiger partial charge in [0.05, 0.1) is 11.0 Å². The number of carbonyl (C=O) groups is 2. The van der Waals surface area contributed by atoms with Crippen LogP contribution in [0.15, 0.2) is 72.8 Å². The molecule has 11 heteroatoms. The number of nitrogens with two attached hydrogens (primary N) is 1. The summed E-state index contributed by atoms with van der Waals surface area (Å²) in [4.78, 5) is 27.0. The van der Waals surface area contributed by atoms with E-state index in [-0.39, 0.29) is 24.1 Å². The van der Waals surface area contributed by atoms with Crippen molar-refractivity contribution < 1.29 is 31.5 Å². The van der Waals surface area contributed by atoms with Gasteiger partial charge in [0.1, 0.15) is 23.8 Å². The van der Waals surface area contributed by atoms with E-state index in [2.05, 4.69) is 17.6 Å². The third-order valence-electron chi connectivity index (χ3n) is 7.97. The van der Waals surface area contributed by atoms with Gasteiger partial charge in [-0.3, -0.25) is 4.79 Å². The molecule has 0 saturated heterocycles. The number of esters is 1. The molecule has 256 valence electrons. The molecule has 0 radical (unpaired) electrons. The summed E-state index contributed by atoms with van der Waals surface area (Å²) >= 11 is 0. The molecule has 0 fully saturated rings. The molecule has 3 aromatic rings. The minimum atomic E-state index is -3.84. The Bertz CT molecular complexity index is 1530. The van der Waals surface area contributed by atoms with Gasteiger partial charge in [-0.25, -0.2) is 22.0 Å². The number of aryl methyl sites for hydroxylation is 1. The van der Waals surface area contributed by atoms with Crippen molar-refractivity contribution in [2.45, 2.75) is 89.3 Å². The fourth-order valence-corrected chi connectivity index (χ4v) is 7.62. The Balaban J connectivity index is 1.88. The van der Waals surface area contributed by atoms with Crippen molar-refractivity contribution in [1.29, 1.82) is 0 Å². The SMILES string of the molecule is CCCC(CCC)S(=O)(=O)C[C@H](NC(=O)c1ccccc1)C(=O)O[C@H](CNCc1cccc(CC)c1)[C@@H](N)Cc1cc(F)cc(F)c1. The lowest BCUT2D eigenvalue weighted by Gasteiger charge is -2.28. The first kappa shape index (κ1) is 37.8. The second kappa shape index (κ2) is 18.6. The standard InChI is InChI=1S/C36H47F2N3O5S/c1-4-11-31(12-5-2)47(44,45)24-33(41-35(42)28-15-8-7-9-16-28)36(43)46-34(23-40-22-26-14-10-13-25(6-3)17-26)32(39)20-27-18-29(37)21-30(38)19-27/h7-10,13-19,21,31-34,40H,4-6,11-12,20,22-24,39H2,1-3H3,(H,41,42)/t32-,33-,34+/m0/s1. The largest absolute Gasteiger partial charge is 0.458 e. The average molecular weight is 672 g/mol. The highest BCUT2D eigenvalue weighted by atomic mass is 32.2. The molecule has 0 bridgehead atoms. The van der Waals surface area contributed by atoms with Crippen LogP contribution in [0.3, 0.4) is 0 Å². The predicted octanol–water partition coefficient (Wildman–Crippen LogP) is 5.28. The van der Waals surface area contributed by atoms with E-state index in [1.54, 1.807) is 30.3 Å². The molecule has 3 atom stereocenters. The lowest BCUT2D eigenvalue weighted by atomic mass is 10.0. The first-order valence-electron chi connectivity index (χ1n) is 16.2. The summed E-state index contributed by atoms with van der Waals surface area (Å²) in [7, 11) is -3.84. The summed E-state index contributed by atoms with van der Waals surface area (Å²) in [5.41, 5.74) is 9.17. The molecular formula is C36H47F2N3O5S. The first-order chi connectivity index (χ1) is 22.4. The van der Waals surface area contributed by atoms with Crippen LogP contribution in [0.2, 0.25) is 0 Å². The van der Waals surface area contributed by atoms with E-state index < -0.39 is 62.5 Å². The number of hydrogen-bond acceptors (Lipinski definition) is 7. The highest BCUT2D eigenvalue weighted by Crippen LogP contribution is 2.19. The molecule has 1 amide bonds. The molecule has 0 aliphatic heterocycles. The maximum Gasteiger partial charge on any atom is 0.330 e. The molecule has 47 heavy (non-hydrogen) atoms. The van der Waals surface area contributed by atoms with Crippen molar-refractivity contribution in [2.75, 3.05) is 12.3 Å². The molecule has 0 aliphatic rings. The fraction of sp³-hybridized carbons (Fsp3) is 0.444. The van der Waals surface area contributed by atoms with Gasteiger partial charge in [-0.1, -0.05) is 76.1 Å². The van der Waals surface area contributed by atoms with Crippen molar-refractivity contribution in [2.24, 2.45) is 5.73 Å². The lowest BCUT2D eigenvalue weighted by Crippen LogP contribution is -2.52. The van der Waals surface area contributed by atoms with Crippen LogP contribution in [0.4, 0.5) is 8.78 Å². The zero-order chi connectivity index (χ0) is 34.4. The maximum absolute atomic E-state index is 14.0. The van der Waals surface area contributed by atoms with Gasteiger partial charge in [0.25, 0.3) is 5.91 Å². The predicted molar refractivity (Wildman–Crippen MR) is 181 cm³/mol. The van der Waals surface area contributed by atoms with Crippen LogP contribution in [0.1, 0.15) is 73.5 Å². The van der Waals surface area contributed by atoms with Crippen molar-refractivity contribution in [1.82, 2.24) is 10.6 Å². The zero-order valence-corrected chi connectivity index (χ0v) is 28.2. The summed E-state index contributed by atoms with van der Waals surface area (Å²) in [6.07, 6.45) is 1.91. The number of hydrogen-bond donors (Lipinski definition) is 3. The fourth-order valence-electron chi connectivity index (χ4n) is 5.48. The zero-order valence-electron chi connectivity index (χ0n) is 27.4. The summed E-state index contributed by atoms with van der Waals surface area (Å²) in [5.74, 6) is -3.78. The van der Waals surface area contributed by atoms with Crippen molar-refractivity contribution in [3.8, 4) is 0 Å². The van der Waals surface area contributed by atoms with Crippen LogP contribution in [-0.4, -0.2) is 56.0 Å². The van der Waals surface area contributed by atoms with Gasteiger partial charge in [0, 0.05) is 30.8 Å². The van der Waals surface area contributed by atoms with Crippen LogP contribution < -0.4 is 16.4 Å². The molecule has 8 nitrogen and oxygen atoms in total. The van der Waals surface area contributed by atoms with E-state index in [1.807, 2.05) is 38.1 Å². The van der Waals surface area contributed by atoms with Gasteiger partial charge in [-0.2, -0.15) is 0 Å². The van der Waals surface area contributed by atoms with Gasteiger partial charge >= 0.3 is 5.97 Å². The Morgan fingerprint density at radius 1 is 0.851 bits per heavy atom. The van der Waals surface area contributed by atoms with Crippen LogP contribution in [0.5, 0.6) is 0 Å². The van der Waals surface area contributed by atoms with E-state index >= 15 is 0 Å². The Hall–Kier alpha value is -3.67. The van der Waals surface area contributed by atoms with Gasteiger partial charge in [0.15, 0.2) is 9.84 Å². The topological polar surface area (TPSA) is 128 Å². The molecule has 0 aliphatic carbocycles. The van der Waals surface area contributed by atoms with Gasteiger partial charge in [0.2, 0.25) is 0 Å². The third-order valence-corrected chi connectivity index (χ3v) is 10.3. The number of sulfone groups is 1. The van der Waals surface area contributed by atoms with Crippen molar-refractivity contribution in [3.63, 3.8) is 0 Å². The minimum Gasteiger partial charge on any atom is -0.458 e. The maximum atomic E-state index is 14.0. The Labute approximate surface area is 277 Å². The number of amides is 1. The van der Waals surface area contributed by atoms with E-state index in [0.717, 1.165) is 35.7 Å².